The van der Waals surface area contributed by atoms with Gasteiger partial charge in [-0.1, -0.05) is 23.2 Å². The maximum atomic E-state index is 13.1. The summed E-state index contributed by atoms with van der Waals surface area (Å²) in [6, 6.07) is -0.961. The summed E-state index contributed by atoms with van der Waals surface area (Å²) >= 11 is 2.45. The minimum Gasteiger partial charge on any atom is -0.426 e. The summed E-state index contributed by atoms with van der Waals surface area (Å²) in [5.74, 6) is -0.116. The van der Waals surface area contributed by atoms with E-state index in [-0.39, 0.29) is 28.8 Å². The lowest BCUT2D eigenvalue weighted by atomic mass is 10.0. The smallest absolute Gasteiger partial charge is 0.358 e. The number of terminal acetylenes is 1. The van der Waals surface area contributed by atoms with Crippen molar-refractivity contribution in [2.24, 2.45) is 5.16 Å². The monoisotopic (exact) mass is 533 g/mol. The molecule has 0 spiro atoms. The van der Waals surface area contributed by atoms with Gasteiger partial charge in [-0.3, -0.25) is 19.3 Å². The van der Waals surface area contributed by atoms with E-state index in [4.69, 9.17) is 26.5 Å². The van der Waals surface area contributed by atoms with Crippen molar-refractivity contribution in [2.45, 2.75) is 38.5 Å². The Morgan fingerprint density at radius 1 is 1.44 bits per heavy atom. The zero-order valence-electron chi connectivity index (χ0n) is 19.5. The number of carbonyl (C=O) groups is 4. The number of esters is 2. The number of aromatic nitrogens is 1. The Kier molecular flexibility index (Phi) is 8.73. The third kappa shape index (κ3) is 5.86. The molecule has 0 bridgehead atoms. The highest BCUT2D eigenvalue weighted by Gasteiger charge is 2.54. The van der Waals surface area contributed by atoms with Crippen LogP contribution in [0.25, 0.3) is 0 Å². The van der Waals surface area contributed by atoms with Gasteiger partial charge in [0.15, 0.2) is 17.5 Å². The molecule has 36 heavy (non-hydrogen) atoms. The average molecular weight is 534 g/mol. The molecule has 2 aliphatic rings. The predicted molar refractivity (Wildman–Crippen MR) is 132 cm³/mol. The number of ether oxygens (including phenoxy) is 2. The molecule has 3 atom stereocenters. The third-order valence-electron chi connectivity index (χ3n) is 4.73. The van der Waals surface area contributed by atoms with Crippen molar-refractivity contribution in [2.75, 3.05) is 18.1 Å². The van der Waals surface area contributed by atoms with E-state index in [0.717, 1.165) is 11.3 Å². The lowest BCUT2D eigenvalue weighted by Gasteiger charge is -2.49. The highest BCUT2D eigenvalue weighted by Crippen LogP contribution is 2.41. The molecule has 1 unspecified atom stereocenters. The molecular weight excluding hydrogens is 510 g/mol. The van der Waals surface area contributed by atoms with Gasteiger partial charge in [0.05, 0.1) is 0 Å². The van der Waals surface area contributed by atoms with E-state index in [9.17, 15) is 19.2 Å². The summed E-state index contributed by atoms with van der Waals surface area (Å²) in [5.41, 5.74) is 6.19. The Morgan fingerprint density at radius 2 is 2.19 bits per heavy atom. The summed E-state index contributed by atoms with van der Waals surface area (Å²) in [4.78, 5) is 60.4. The Hall–Kier alpha value is -3.83. The number of fused-ring (bicyclic) bond motifs is 1. The molecule has 0 radical (unpaired) electrons. The van der Waals surface area contributed by atoms with E-state index in [1.165, 1.54) is 35.9 Å². The molecule has 0 saturated carbocycles. The van der Waals surface area contributed by atoms with E-state index >= 15 is 0 Å². The van der Waals surface area contributed by atoms with E-state index < -0.39 is 41.5 Å². The molecule has 2 amide bonds. The maximum absolute atomic E-state index is 13.1. The Bertz CT molecular complexity index is 1200. The Balaban J connectivity index is 1.80. The standard InChI is InChI=1S/C22H23N5O7S2/c1-5-7-13-9-35-20-16(19(30)27(20)17(13)21(31)34-12(4)33-11(3)28)25-18(29)15(26-32-8-6-2)14-10-36-22(23)24-14/h2,5,7,10,12,16,20H,8-9H2,1,3-4H3,(H2,23,24)(H,25,29)/b7-5-,26-15-/t12?,16-,20+/m1/s1. The van der Waals surface area contributed by atoms with Gasteiger partial charge in [-0.15, -0.1) is 29.5 Å². The lowest BCUT2D eigenvalue weighted by Crippen LogP contribution is -2.71. The van der Waals surface area contributed by atoms with Crippen LogP contribution in [0.3, 0.4) is 0 Å². The molecule has 1 aromatic rings. The summed E-state index contributed by atoms with van der Waals surface area (Å²) < 4.78 is 10.1. The van der Waals surface area contributed by atoms with Gasteiger partial charge in [0, 0.05) is 25.0 Å². The van der Waals surface area contributed by atoms with E-state index in [2.05, 4.69) is 21.4 Å². The van der Waals surface area contributed by atoms with Crippen molar-refractivity contribution in [3.63, 3.8) is 0 Å². The van der Waals surface area contributed by atoms with Crippen molar-refractivity contribution in [1.82, 2.24) is 15.2 Å². The first-order chi connectivity index (χ1) is 17.2. The van der Waals surface area contributed by atoms with Gasteiger partial charge in [0.2, 0.25) is 6.29 Å². The summed E-state index contributed by atoms with van der Waals surface area (Å²) in [5, 5.41) is 7.52. The van der Waals surface area contributed by atoms with Crippen LogP contribution in [0.4, 0.5) is 5.13 Å². The fourth-order valence-electron chi connectivity index (χ4n) is 3.37. The maximum Gasteiger partial charge on any atom is 0.358 e. The Labute approximate surface area is 214 Å². The van der Waals surface area contributed by atoms with E-state index in [1.54, 1.807) is 19.1 Å². The highest BCUT2D eigenvalue weighted by atomic mass is 32.2. The SMILES string of the molecule is C#CCO/N=C(\C(=O)N[C@@H]1C(=O)N2C(C(=O)OC(C)OC(C)=O)=C(/C=C\C)CS[C@@H]12)c1csc(N)n1. The molecule has 1 fully saturated rings. The summed E-state index contributed by atoms with van der Waals surface area (Å²) in [6.45, 7) is 4.16. The highest BCUT2D eigenvalue weighted by molar-refractivity contribution is 8.00. The number of thiazole rings is 1. The number of hydrogen-bond acceptors (Lipinski definition) is 12. The van der Waals surface area contributed by atoms with Gasteiger partial charge in [0.25, 0.3) is 11.8 Å². The van der Waals surface area contributed by atoms with Crippen molar-refractivity contribution in [3.8, 4) is 12.3 Å². The number of nitrogens with two attached hydrogens (primary N) is 1. The van der Waals surface area contributed by atoms with Crippen LogP contribution in [0, 0.1) is 12.3 Å². The van der Waals surface area contributed by atoms with Crippen molar-refractivity contribution < 1.29 is 33.5 Å². The number of nitrogens with zero attached hydrogens (tertiary/aromatic N) is 3. The molecule has 0 aromatic carbocycles. The predicted octanol–water partition coefficient (Wildman–Crippen LogP) is 0.762. The number of anilines is 1. The molecule has 12 nitrogen and oxygen atoms in total. The molecule has 1 aromatic heterocycles. The number of thioether (sulfide) groups is 1. The number of nitrogen functional groups attached to an aromatic ring is 1. The minimum atomic E-state index is -1.15. The zero-order valence-corrected chi connectivity index (χ0v) is 21.2. The summed E-state index contributed by atoms with van der Waals surface area (Å²) in [6.07, 6.45) is 7.42. The van der Waals surface area contributed by atoms with Gasteiger partial charge in [0.1, 0.15) is 22.8 Å². The molecule has 3 N–H and O–H groups in total. The largest absolute Gasteiger partial charge is 0.426 e. The zero-order chi connectivity index (χ0) is 26.4. The first-order valence-electron chi connectivity index (χ1n) is 10.5. The number of oxime groups is 1. The topological polar surface area (TPSA) is 163 Å². The number of allylic oxidation sites excluding steroid dienone is 2. The summed E-state index contributed by atoms with van der Waals surface area (Å²) in [7, 11) is 0. The number of rotatable bonds is 9. The van der Waals surface area contributed by atoms with Crippen LogP contribution >= 0.6 is 23.1 Å². The van der Waals surface area contributed by atoms with Crippen LogP contribution in [0.1, 0.15) is 26.5 Å². The fraction of sp³-hybridized carbons (Fsp3) is 0.364. The first-order valence-corrected chi connectivity index (χ1v) is 12.4. The molecule has 3 rings (SSSR count). The molecule has 1 saturated heterocycles. The molecule has 2 aliphatic heterocycles. The number of carbonyl (C=O) groups excluding carboxylic acids is 4. The van der Waals surface area contributed by atoms with Gasteiger partial charge in [-0.05, 0) is 12.5 Å². The molecular formula is C22H23N5O7S2. The first kappa shape index (κ1) is 26.8. The van der Waals surface area contributed by atoms with Crippen LogP contribution in [0.2, 0.25) is 0 Å². The minimum absolute atomic E-state index is 0.0184. The van der Waals surface area contributed by atoms with E-state index in [1.807, 2.05) is 0 Å². The third-order valence-corrected chi connectivity index (χ3v) is 6.71. The molecule has 14 heteroatoms. The van der Waals surface area contributed by atoms with Crippen molar-refractivity contribution in [1.29, 1.82) is 0 Å². The number of amides is 2. The van der Waals surface area contributed by atoms with Crippen molar-refractivity contribution in [3.05, 3.63) is 34.5 Å². The Morgan fingerprint density at radius 3 is 2.81 bits per heavy atom. The molecule has 190 valence electrons. The second-order valence-corrected chi connectivity index (χ2v) is 9.30. The van der Waals surface area contributed by atoms with Crippen LogP contribution < -0.4 is 11.1 Å². The molecule has 0 aliphatic carbocycles. The van der Waals surface area contributed by atoms with Gasteiger partial charge in [-0.25, -0.2) is 9.78 Å². The number of β-lactam (4-membered cyclic amide) rings is 1. The van der Waals surface area contributed by atoms with Crippen LogP contribution in [-0.2, 0) is 33.5 Å². The van der Waals surface area contributed by atoms with Gasteiger partial charge < -0.3 is 25.4 Å². The van der Waals surface area contributed by atoms with Crippen LogP contribution in [-0.4, -0.2) is 69.4 Å². The van der Waals surface area contributed by atoms with Crippen molar-refractivity contribution >= 4 is 57.7 Å². The van der Waals surface area contributed by atoms with Crippen LogP contribution in [0.5, 0.6) is 0 Å². The lowest BCUT2D eigenvalue weighted by molar-refractivity contribution is -0.182. The van der Waals surface area contributed by atoms with Gasteiger partial charge >= 0.3 is 11.9 Å². The van der Waals surface area contributed by atoms with E-state index in [0.29, 0.717) is 11.3 Å². The second-order valence-electron chi connectivity index (χ2n) is 7.31. The normalized spacial score (nSPS) is 20.2. The second kappa shape index (κ2) is 11.7. The van der Waals surface area contributed by atoms with Gasteiger partial charge in [-0.2, -0.15) is 0 Å². The number of nitrogens with one attached hydrogen (secondary N) is 1. The van der Waals surface area contributed by atoms with Crippen LogP contribution in [0.15, 0.2) is 34.0 Å². The number of hydrogen-bond donors (Lipinski definition) is 2. The fourth-order valence-corrected chi connectivity index (χ4v) is 5.24. The molecule has 3 heterocycles. The average Bonchev–Trinajstić information content (AvgIpc) is 3.25. The quantitative estimate of drug-likeness (QED) is 0.0881.